The molecule has 1 aromatic heterocycles. The average Bonchev–Trinajstić information content (AvgIpc) is 3.33. The smallest absolute Gasteiger partial charge is 0.319 e. The zero-order valence-corrected chi connectivity index (χ0v) is 16.7. The number of carbonyl (C=O) groups is 1. The summed E-state index contributed by atoms with van der Waals surface area (Å²) in [5.41, 5.74) is 3.67. The van der Waals surface area contributed by atoms with Gasteiger partial charge in [0.1, 0.15) is 6.26 Å². The van der Waals surface area contributed by atoms with E-state index in [1.165, 1.54) is 6.26 Å². The van der Waals surface area contributed by atoms with Crippen molar-refractivity contribution in [1.82, 2.24) is 10.3 Å². The first-order chi connectivity index (χ1) is 14.8. The van der Waals surface area contributed by atoms with Crippen molar-refractivity contribution in [2.24, 2.45) is 0 Å². The predicted molar refractivity (Wildman–Crippen MR) is 113 cm³/mol. The molecule has 2 amide bonds. The van der Waals surface area contributed by atoms with E-state index in [0.717, 1.165) is 42.7 Å². The van der Waals surface area contributed by atoms with Gasteiger partial charge in [0, 0.05) is 31.0 Å². The Bertz CT molecular complexity index is 935. The number of nitrogens with one attached hydrogen (secondary N) is 2. The van der Waals surface area contributed by atoms with Crippen LogP contribution in [0.3, 0.4) is 0 Å². The van der Waals surface area contributed by atoms with Crippen LogP contribution in [0.4, 0.5) is 10.5 Å². The maximum atomic E-state index is 12.2. The molecule has 1 saturated heterocycles. The molecule has 0 bridgehead atoms. The van der Waals surface area contributed by atoms with Crippen molar-refractivity contribution in [3.63, 3.8) is 0 Å². The van der Waals surface area contributed by atoms with E-state index in [9.17, 15) is 4.79 Å². The van der Waals surface area contributed by atoms with Gasteiger partial charge in [-0.15, -0.1) is 0 Å². The molecule has 2 heterocycles. The van der Waals surface area contributed by atoms with E-state index in [1.54, 1.807) is 6.20 Å². The zero-order chi connectivity index (χ0) is 20.6. The van der Waals surface area contributed by atoms with Crippen LogP contribution >= 0.6 is 0 Å². The lowest BCUT2D eigenvalue weighted by Crippen LogP contribution is -2.28. The highest BCUT2D eigenvalue weighted by Gasteiger charge is 2.14. The molecule has 2 N–H and O–H groups in total. The van der Waals surface area contributed by atoms with Gasteiger partial charge in [0.2, 0.25) is 5.89 Å². The molecule has 3 aromatic rings. The van der Waals surface area contributed by atoms with Gasteiger partial charge in [0.05, 0.1) is 18.9 Å². The van der Waals surface area contributed by atoms with Crippen molar-refractivity contribution < 1.29 is 18.7 Å². The normalized spacial score (nSPS) is 14.4. The number of hydrogen-bond donors (Lipinski definition) is 2. The van der Waals surface area contributed by atoms with E-state index >= 15 is 0 Å². The SMILES string of the molecule is O=C(NCc1cccc(COC2CCOCC2)c1)Nc1ccc(-c2ncco2)cc1. The molecule has 1 aliphatic heterocycles. The summed E-state index contributed by atoms with van der Waals surface area (Å²) in [7, 11) is 0. The Kier molecular flexibility index (Phi) is 6.74. The monoisotopic (exact) mass is 407 g/mol. The number of carbonyl (C=O) groups excluding carboxylic acids is 1. The number of benzene rings is 2. The van der Waals surface area contributed by atoms with Crippen LogP contribution in [0.2, 0.25) is 0 Å². The van der Waals surface area contributed by atoms with Crippen LogP contribution in [0.1, 0.15) is 24.0 Å². The molecule has 0 aliphatic carbocycles. The summed E-state index contributed by atoms with van der Waals surface area (Å²) in [5, 5.41) is 5.71. The highest BCUT2D eigenvalue weighted by molar-refractivity contribution is 5.89. The maximum Gasteiger partial charge on any atom is 0.319 e. The summed E-state index contributed by atoms with van der Waals surface area (Å²) in [5.74, 6) is 0.548. The summed E-state index contributed by atoms with van der Waals surface area (Å²) in [6.45, 7) is 2.55. The van der Waals surface area contributed by atoms with Gasteiger partial charge in [-0.3, -0.25) is 0 Å². The second-order valence-corrected chi connectivity index (χ2v) is 7.16. The molecule has 0 spiro atoms. The quantitative estimate of drug-likeness (QED) is 0.608. The van der Waals surface area contributed by atoms with Crippen LogP contribution in [-0.2, 0) is 22.6 Å². The summed E-state index contributed by atoms with van der Waals surface area (Å²) in [4.78, 5) is 16.3. The van der Waals surface area contributed by atoms with Gasteiger partial charge in [0.25, 0.3) is 0 Å². The predicted octanol–water partition coefficient (Wildman–Crippen LogP) is 4.36. The number of oxazole rings is 1. The lowest BCUT2D eigenvalue weighted by Gasteiger charge is -2.22. The topological polar surface area (TPSA) is 85.6 Å². The minimum absolute atomic E-state index is 0.261. The van der Waals surface area contributed by atoms with Crippen molar-refractivity contribution in [2.75, 3.05) is 18.5 Å². The number of hydrogen-bond acceptors (Lipinski definition) is 5. The molecule has 1 aliphatic rings. The van der Waals surface area contributed by atoms with Gasteiger partial charge in [-0.1, -0.05) is 24.3 Å². The number of urea groups is 1. The first-order valence-corrected chi connectivity index (χ1v) is 10.1. The molecule has 0 radical (unpaired) electrons. The van der Waals surface area contributed by atoms with Gasteiger partial charge in [0.15, 0.2) is 0 Å². The van der Waals surface area contributed by atoms with Crippen LogP contribution in [0, 0.1) is 0 Å². The summed E-state index contributed by atoms with van der Waals surface area (Å²) in [6, 6.07) is 15.1. The molecule has 30 heavy (non-hydrogen) atoms. The molecule has 0 unspecified atom stereocenters. The number of aromatic nitrogens is 1. The molecule has 2 aromatic carbocycles. The van der Waals surface area contributed by atoms with E-state index in [0.29, 0.717) is 24.7 Å². The van der Waals surface area contributed by atoms with Gasteiger partial charge >= 0.3 is 6.03 Å². The van der Waals surface area contributed by atoms with E-state index in [-0.39, 0.29) is 12.1 Å². The molecular formula is C23H25N3O4. The molecule has 1 fully saturated rings. The molecule has 7 nitrogen and oxygen atoms in total. The van der Waals surface area contributed by atoms with Crippen LogP contribution in [0.15, 0.2) is 65.4 Å². The third kappa shape index (κ3) is 5.68. The minimum atomic E-state index is -0.261. The van der Waals surface area contributed by atoms with E-state index in [2.05, 4.69) is 21.7 Å². The molecular weight excluding hydrogens is 382 g/mol. The average molecular weight is 407 g/mol. The second kappa shape index (κ2) is 10.0. The summed E-state index contributed by atoms with van der Waals surface area (Å²) < 4.78 is 16.6. The lowest BCUT2D eigenvalue weighted by atomic mass is 10.1. The first-order valence-electron chi connectivity index (χ1n) is 10.1. The standard InChI is InChI=1S/C23H25N3O4/c27-23(26-20-6-4-19(5-7-20)22-24-10-13-29-22)25-15-17-2-1-3-18(14-17)16-30-21-8-11-28-12-9-21/h1-7,10,13-14,21H,8-9,11-12,15-16H2,(H2,25,26,27). The summed E-state index contributed by atoms with van der Waals surface area (Å²) >= 11 is 0. The fourth-order valence-corrected chi connectivity index (χ4v) is 3.31. The third-order valence-corrected chi connectivity index (χ3v) is 4.92. The maximum absolute atomic E-state index is 12.2. The number of amides is 2. The Labute approximate surface area is 175 Å². The Hall–Kier alpha value is -3.16. The highest BCUT2D eigenvalue weighted by atomic mass is 16.5. The minimum Gasteiger partial charge on any atom is -0.445 e. The number of rotatable bonds is 7. The lowest BCUT2D eigenvalue weighted by molar-refractivity contribution is -0.0390. The van der Waals surface area contributed by atoms with Gasteiger partial charge in [-0.05, 0) is 48.2 Å². The molecule has 4 rings (SSSR count). The van der Waals surface area contributed by atoms with E-state index < -0.39 is 0 Å². The molecule has 0 atom stereocenters. The van der Waals surface area contributed by atoms with Crippen LogP contribution in [0.5, 0.6) is 0 Å². The highest BCUT2D eigenvalue weighted by Crippen LogP contribution is 2.19. The second-order valence-electron chi connectivity index (χ2n) is 7.16. The third-order valence-electron chi connectivity index (χ3n) is 4.92. The zero-order valence-electron chi connectivity index (χ0n) is 16.7. The van der Waals surface area contributed by atoms with Crippen LogP contribution < -0.4 is 10.6 Å². The number of anilines is 1. The van der Waals surface area contributed by atoms with Gasteiger partial charge in [-0.25, -0.2) is 9.78 Å². The number of nitrogens with zero attached hydrogens (tertiary/aromatic N) is 1. The largest absolute Gasteiger partial charge is 0.445 e. The van der Waals surface area contributed by atoms with Crippen molar-refractivity contribution >= 4 is 11.7 Å². The molecule has 0 saturated carbocycles. The van der Waals surface area contributed by atoms with Crippen LogP contribution in [0.25, 0.3) is 11.5 Å². The van der Waals surface area contributed by atoms with Crippen molar-refractivity contribution in [1.29, 1.82) is 0 Å². The number of ether oxygens (including phenoxy) is 2. The van der Waals surface area contributed by atoms with E-state index in [1.807, 2.05) is 42.5 Å². The first kappa shape index (κ1) is 20.1. The Morgan fingerprint density at radius 1 is 1.10 bits per heavy atom. The fraction of sp³-hybridized carbons (Fsp3) is 0.304. The summed E-state index contributed by atoms with van der Waals surface area (Å²) in [6.07, 6.45) is 5.28. The molecule has 156 valence electrons. The van der Waals surface area contributed by atoms with Gasteiger partial charge < -0.3 is 24.5 Å². The molecule has 7 heteroatoms. The fourth-order valence-electron chi connectivity index (χ4n) is 3.31. The van der Waals surface area contributed by atoms with Crippen LogP contribution in [-0.4, -0.2) is 30.3 Å². The van der Waals surface area contributed by atoms with E-state index in [4.69, 9.17) is 13.9 Å². The van der Waals surface area contributed by atoms with Crippen molar-refractivity contribution in [2.45, 2.75) is 32.1 Å². The van der Waals surface area contributed by atoms with Crippen molar-refractivity contribution in [3.8, 4) is 11.5 Å². The van der Waals surface area contributed by atoms with Crippen molar-refractivity contribution in [3.05, 3.63) is 72.1 Å². The Morgan fingerprint density at radius 3 is 2.67 bits per heavy atom. The Balaban J connectivity index is 1.24. The Morgan fingerprint density at radius 2 is 1.90 bits per heavy atom. The van der Waals surface area contributed by atoms with Gasteiger partial charge in [-0.2, -0.15) is 0 Å².